The van der Waals surface area contributed by atoms with Crippen LogP contribution in [0.2, 0.25) is 0 Å². The highest BCUT2D eigenvalue weighted by Gasteiger charge is 2.27. The molecule has 0 radical (unpaired) electrons. The van der Waals surface area contributed by atoms with Crippen molar-refractivity contribution in [2.24, 2.45) is 0 Å². The number of benzene rings is 6. The van der Waals surface area contributed by atoms with Gasteiger partial charge in [-0.3, -0.25) is 0 Å². The van der Waals surface area contributed by atoms with Gasteiger partial charge in [-0.15, -0.1) is 0 Å². The van der Waals surface area contributed by atoms with Crippen LogP contribution in [0.4, 0.5) is 17.1 Å². The minimum absolute atomic E-state index is 0.372. The van der Waals surface area contributed by atoms with Crippen molar-refractivity contribution in [3.63, 3.8) is 0 Å². The second-order valence-corrected chi connectivity index (χ2v) is 18.3. The molecular formula is C51H55N3O6P2. The summed E-state index contributed by atoms with van der Waals surface area (Å²) in [5.41, 5.74) is 7.19. The number of rotatable bonds is 17. The lowest BCUT2D eigenvalue weighted by Gasteiger charge is -2.27. The first-order valence-corrected chi connectivity index (χ1v) is 24.1. The molecule has 9 nitrogen and oxygen atoms in total. The maximum absolute atomic E-state index is 6.49. The molecule has 3 fully saturated rings. The van der Waals surface area contributed by atoms with Gasteiger partial charge in [0.15, 0.2) is 0 Å². The molecule has 0 amide bonds. The van der Waals surface area contributed by atoms with Gasteiger partial charge in [-0.25, -0.2) is 0 Å². The summed E-state index contributed by atoms with van der Waals surface area (Å²) < 4.78 is 38.1. The monoisotopic (exact) mass is 867 g/mol. The van der Waals surface area contributed by atoms with E-state index in [1.807, 2.05) is 97.1 Å². The molecule has 3 heterocycles. The highest BCUT2D eigenvalue weighted by atomic mass is 31.2. The molecule has 3 aliphatic rings. The third-order valence-corrected chi connectivity index (χ3v) is 13.8. The van der Waals surface area contributed by atoms with E-state index >= 15 is 0 Å². The van der Waals surface area contributed by atoms with Crippen molar-refractivity contribution in [3.8, 4) is 34.5 Å². The third-order valence-electron chi connectivity index (χ3n) is 11.7. The van der Waals surface area contributed by atoms with Gasteiger partial charge in [0.25, 0.3) is 0 Å². The van der Waals surface area contributed by atoms with Crippen LogP contribution in [-0.4, -0.2) is 38.8 Å². The van der Waals surface area contributed by atoms with Gasteiger partial charge >= 0.3 is 17.2 Å². The summed E-state index contributed by atoms with van der Waals surface area (Å²) in [5, 5.41) is 0. The Morgan fingerprint density at radius 2 is 0.710 bits per heavy atom. The average Bonchev–Trinajstić information content (AvgIpc) is 4.12. The summed E-state index contributed by atoms with van der Waals surface area (Å²) >= 11 is 0. The molecule has 11 heteroatoms. The number of nitrogens with zero attached hydrogens (tertiary/aromatic N) is 3. The molecule has 0 bridgehead atoms. The van der Waals surface area contributed by atoms with Crippen LogP contribution in [0.5, 0.6) is 34.5 Å². The molecule has 0 N–H and O–H groups in total. The van der Waals surface area contributed by atoms with Gasteiger partial charge in [-0.05, 0) is 174 Å². The van der Waals surface area contributed by atoms with Gasteiger partial charge < -0.3 is 41.8 Å². The molecule has 6 aromatic rings. The van der Waals surface area contributed by atoms with Crippen LogP contribution in [0, 0.1) is 13.8 Å². The first kappa shape index (κ1) is 41.7. The summed E-state index contributed by atoms with van der Waals surface area (Å²) in [7, 11) is -3.54. The standard InChI is InChI=1S/C51H55N3O6P2/c1-39-9-21-46(22-10-39)55-61(56-47-23-11-40(2)12-24-47)57-48-25-13-41(14-26-48)38-45-8-7-37-54(45)44-19-31-51(32-20-44)60-62(58-49-27-15-42(16-28-49)52-33-3-4-34-52)59-50-29-17-43(18-30-50)53-35-5-6-36-53/h9-32,45H,3-8,33-38H2,1-2H3. The van der Waals surface area contributed by atoms with Crippen LogP contribution < -0.4 is 41.8 Å². The summed E-state index contributed by atoms with van der Waals surface area (Å²) in [4.78, 5) is 7.35. The molecule has 1 unspecified atom stereocenters. The zero-order chi connectivity index (χ0) is 42.1. The summed E-state index contributed by atoms with van der Waals surface area (Å²) in [5.74, 6) is 4.23. The fourth-order valence-electron chi connectivity index (χ4n) is 8.26. The van der Waals surface area contributed by atoms with Crippen molar-refractivity contribution in [2.75, 3.05) is 47.4 Å². The Labute approximate surface area is 369 Å². The third kappa shape index (κ3) is 11.1. The van der Waals surface area contributed by atoms with Crippen molar-refractivity contribution in [3.05, 3.63) is 162 Å². The zero-order valence-corrected chi connectivity index (χ0v) is 37.4. The lowest BCUT2D eigenvalue weighted by atomic mass is 10.0. The van der Waals surface area contributed by atoms with Crippen molar-refractivity contribution in [1.29, 1.82) is 0 Å². The van der Waals surface area contributed by atoms with Crippen LogP contribution in [0.15, 0.2) is 146 Å². The molecular weight excluding hydrogens is 813 g/mol. The molecule has 6 aromatic carbocycles. The summed E-state index contributed by atoms with van der Waals surface area (Å²) in [6.07, 6.45) is 8.14. The van der Waals surface area contributed by atoms with E-state index in [1.54, 1.807) is 0 Å². The molecule has 3 aliphatic heterocycles. The predicted molar refractivity (Wildman–Crippen MR) is 253 cm³/mol. The second-order valence-electron chi connectivity index (χ2n) is 16.3. The molecule has 3 saturated heterocycles. The van der Waals surface area contributed by atoms with Crippen LogP contribution in [0.1, 0.15) is 55.2 Å². The molecule has 0 aromatic heterocycles. The Kier molecular flexibility index (Phi) is 13.5. The van der Waals surface area contributed by atoms with Crippen LogP contribution in [0.3, 0.4) is 0 Å². The Balaban J connectivity index is 0.839. The van der Waals surface area contributed by atoms with E-state index in [9.17, 15) is 0 Å². The molecule has 62 heavy (non-hydrogen) atoms. The predicted octanol–water partition coefficient (Wildman–Crippen LogP) is 13.2. The summed E-state index contributed by atoms with van der Waals surface area (Å²) in [6, 6.07) is 49.5. The van der Waals surface area contributed by atoms with Gasteiger partial charge in [-0.2, -0.15) is 0 Å². The Bertz CT molecular complexity index is 2190. The number of aryl methyl sites for hydroxylation is 2. The van der Waals surface area contributed by atoms with Crippen LogP contribution in [-0.2, 0) is 6.42 Å². The van der Waals surface area contributed by atoms with E-state index in [0.29, 0.717) is 29.0 Å². The molecule has 1 atom stereocenters. The number of anilines is 3. The SMILES string of the molecule is Cc1ccc(OP(Oc2ccc(C)cc2)Oc2ccc(CC3CCCN3c3ccc(OP(Oc4ccc(N5CCCC5)cc4)Oc4ccc(N5CCCC5)cc4)cc3)cc2)cc1. The van der Waals surface area contributed by atoms with Crippen molar-refractivity contribution < 1.29 is 27.1 Å². The fraction of sp³-hybridized carbons (Fsp3) is 0.294. The van der Waals surface area contributed by atoms with E-state index in [0.717, 1.165) is 74.6 Å². The molecule has 320 valence electrons. The normalized spacial score (nSPS) is 16.3. The van der Waals surface area contributed by atoms with Crippen molar-refractivity contribution in [1.82, 2.24) is 0 Å². The highest BCUT2D eigenvalue weighted by molar-refractivity contribution is 7.43. The van der Waals surface area contributed by atoms with Crippen molar-refractivity contribution in [2.45, 2.75) is 64.8 Å². The van der Waals surface area contributed by atoms with Gasteiger partial charge in [0.05, 0.1) is 0 Å². The van der Waals surface area contributed by atoms with Gasteiger partial charge in [0, 0.05) is 55.8 Å². The second kappa shape index (κ2) is 20.0. The van der Waals surface area contributed by atoms with Gasteiger partial charge in [0.2, 0.25) is 0 Å². The lowest BCUT2D eigenvalue weighted by Crippen LogP contribution is -2.30. The minimum atomic E-state index is -1.79. The lowest BCUT2D eigenvalue weighted by molar-refractivity contribution is 0.387. The Morgan fingerprint density at radius 3 is 1.08 bits per heavy atom. The molecule has 9 rings (SSSR count). The first-order chi connectivity index (χ1) is 30.5. The number of hydrogen-bond donors (Lipinski definition) is 0. The first-order valence-electron chi connectivity index (χ1n) is 21.9. The van der Waals surface area contributed by atoms with E-state index in [2.05, 4.69) is 77.1 Å². The smallest absolute Gasteiger partial charge is 0.409 e. The zero-order valence-electron chi connectivity index (χ0n) is 35.6. The number of hydrogen-bond acceptors (Lipinski definition) is 9. The quantitative estimate of drug-likeness (QED) is 0.0834. The summed E-state index contributed by atoms with van der Waals surface area (Å²) in [6.45, 7) is 9.51. The average molecular weight is 868 g/mol. The Hall–Kier alpha value is -5.62. The van der Waals surface area contributed by atoms with Crippen LogP contribution >= 0.6 is 17.2 Å². The topological polar surface area (TPSA) is 65.1 Å². The largest absolute Gasteiger partial charge is 0.530 e. The van der Waals surface area contributed by atoms with Crippen molar-refractivity contribution >= 4 is 34.3 Å². The van der Waals surface area contributed by atoms with Crippen LogP contribution in [0.25, 0.3) is 0 Å². The van der Waals surface area contributed by atoms with Gasteiger partial charge in [-0.1, -0.05) is 47.5 Å². The maximum atomic E-state index is 6.49. The van der Waals surface area contributed by atoms with Gasteiger partial charge in [0.1, 0.15) is 34.5 Å². The fourth-order valence-corrected chi connectivity index (χ4v) is 10.2. The molecule has 0 spiro atoms. The molecule has 0 aliphatic carbocycles. The van der Waals surface area contributed by atoms with E-state index < -0.39 is 17.2 Å². The van der Waals surface area contributed by atoms with E-state index in [-0.39, 0.29) is 0 Å². The van der Waals surface area contributed by atoms with E-state index in [1.165, 1.54) is 48.3 Å². The Morgan fingerprint density at radius 1 is 0.387 bits per heavy atom. The molecule has 0 saturated carbocycles. The highest BCUT2D eigenvalue weighted by Crippen LogP contribution is 2.45. The van der Waals surface area contributed by atoms with E-state index in [4.69, 9.17) is 27.1 Å². The maximum Gasteiger partial charge on any atom is 0.530 e. The minimum Gasteiger partial charge on any atom is -0.409 e.